The van der Waals surface area contributed by atoms with E-state index in [-0.39, 0.29) is 5.78 Å². The molecule has 0 saturated heterocycles. The average Bonchev–Trinajstić information content (AvgIpc) is 2.46. The lowest BCUT2D eigenvalue weighted by atomic mass is 10.1. The van der Waals surface area contributed by atoms with Gasteiger partial charge in [-0.2, -0.15) is 0 Å². The molecule has 3 heteroatoms. The Hall–Kier alpha value is -2.05. The van der Waals surface area contributed by atoms with Crippen LogP contribution >= 0.6 is 15.9 Å². The molecule has 0 aliphatic heterocycles. The summed E-state index contributed by atoms with van der Waals surface area (Å²) in [4.78, 5) is 11.9. The number of rotatable bonds is 2. The Morgan fingerprint density at radius 3 is 2.58 bits per heavy atom. The molecule has 2 aromatic rings. The molecule has 2 nitrogen and oxygen atoms in total. The first-order chi connectivity index (χ1) is 9.20. The van der Waals surface area contributed by atoms with Crippen molar-refractivity contribution in [3.8, 4) is 17.6 Å². The van der Waals surface area contributed by atoms with Gasteiger partial charge in [0.15, 0.2) is 0 Å². The molecule has 0 unspecified atom stereocenters. The molecular weight excluding hydrogens is 304 g/mol. The van der Waals surface area contributed by atoms with Crippen molar-refractivity contribution in [1.82, 2.24) is 0 Å². The van der Waals surface area contributed by atoms with Gasteiger partial charge in [-0.15, -0.1) is 0 Å². The van der Waals surface area contributed by atoms with Gasteiger partial charge in [0.25, 0.3) is 0 Å². The summed E-state index contributed by atoms with van der Waals surface area (Å²) in [5.41, 5.74) is 1.27. The summed E-state index contributed by atoms with van der Waals surface area (Å²) in [5, 5.41) is 0. The van der Waals surface area contributed by atoms with Crippen LogP contribution in [-0.4, -0.2) is 12.9 Å². The first-order valence-electron chi connectivity index (χ1n) is 5.65. The van der Waals surface area contributed by atoms with Crippen molar-refractivity contribution < 1.29 is 9.53 Å². The highest BCUT2D eigenvalue weighted by Crippen LogP contribution is 2.21. The third-order valence-corrected chi connectivity index (χ3v) is 3.00. The lowest BCUT2D eigenvalue weighted by Crippen LogP contribution is -1.94. The van der Waals surface area contributed by atoms with Gasteiger partial charge in [-0.3, -0.25) is 4.79 Å². The van der Waals surface area contributed by atoms with E-state index in [0.717, 1.165) is 4.47 Å². The molecule has 0 amide bonds. The van der Waals surface area contributed by atoms with Crippen molar-refractivity contribution in [2.24, 2.45) is 0 Å². The van der Waals surface area contributed by atoms with Crippen LogP contribution in [0.1, 0.15) is 15.9 Å². The molecule has 0 radical (unpaired) electrons. The quantitative estimate of drug-likeness (QED) is 0.624. The molecule has 2 rings (SSSR count). The highest BCUT2D eigenvalue weighted by molar-refractivity contribution is 9.10. The second kappa shape index (κ2) is 6.21. The largest absolute Gasteiger partial charge is 0.495 e. The summed E-state index contributed by atoms with van der Waals surface area (Å²) in [6, 6.07) is 14.5. The van der Waals surface area contributed by atoms with E-state index in [1.54, 1.807) is 25.3 Å². The van der Waals surface area contributed by atoms with Crippen LogP contribution < -0.4 is 4.74 Å². The van der Waals surface area contributed by atoms with Gasteiger partial charge in [0.05, 0.1) is 12.7 Å². The molecule has 0 saturated carbocycles. The molecular formula is C16H11BrO2. The van der Waals surface area contributed by atoms with Crippen LogP contribution in [0.5, 0.6) is 5.75 Å². The van der Waals surface area contributed by atoms with Gasteiger partial charge in [0, 0.05) is 10.0 Å². The first kappa shape index (κ1) is 13.4. The van der Waals surface area contributed by atoms with Gasteiger partial charge in [-0.05, 0) is 24.1 Å². The standard InChI is InChI=1S/C16H11BrO2/c1-19-16-10-8-14(17)11-13(16)7-9-15(18)12-5-3-2-4-6-12/h2-6,8,10-11H,1H3. The first-order valence-corrected chi connectivity index (χ1v) is 6.45. The van der Waals surface area contributed by atoms with Crippen LogP contribution in [0.3, 0.4) is 0 Å². The maximum atomic E-state index is 11.9. The minimum atomic E-state index is -0.206. The van der Waals surface area contributed by atoms with E-state index in [2.05, 4.69) is 27.8 Å². The lowest BCUT2D eigenvalue weighted by molar-refractivity contribution is 0.105. The van der Waals surface area contributed by atoms with Gasteiger partial charge in [0.2, 0.25) is 5.78 Å². The predicted octanol–water partition coefficient (Wildman–Crippen LogP) is 3.69. The summed E-state index contributed by atoms with van der Waals surface area (Å²) in [6.07, 6.45) is 0. The maximum absolute atomic E-state index is 11.9. The van der Waals surface area contributed by atoms with E-state index >= 15 is 0 Å². The topological polar surface area (TPSA) is 26.3 Å². The second-order valence-electron chi connectivity index (χ2n) is 3.79. The Morgan fingerprint density at radius 1 is 1.16 bits per heavy atom. The SMILES string of the molecule is COc1ccc(Br)cc1C#CC(=O)c1ccccc1. The molecule has 0 spiro atoms. The summed E-state index contributed by atoms with van der Waals surface area (Å²) in [5.74, 6) is 5.92. The van der Waals surface area contributed by atoms with Crippen LogP contribution in [0.4, 0.5) is 0 Å². The molecule has 0 atom stereocenters. The van der Waals surface area contributed by atoms with Gasteiger partial charge >= 0.3 is 0 Å². The Labute approximate surface area is 120 Å². The van der Waals surface area contributed by atoms with Crippen molar-refractivity contribution in [3.05, 3.63) is 64.1 Å². The van der Waals surface area contributed by atoms with Crippen LogP contribution in [0, 0.1) is 11.8 Å². The van der Waals surface area contributed by atoms with Crippen LogP contribution in [-0.2, 0) is 0 Å². The number of carbonyl (C=O) groups is 1. The van der Waals surface area contributed by atoms with Crippen LogP contribution in [0.2, 0.25) is 0 Å². The number of ketones is 1. The van der Waals surface area contributed by atoms with Gasteiger partial charge in [-0.25, -0.2) is 0 Å². The minimum absolute atomic E-state index is 0.206. The Balaban J connectivity index is 2.30. The predicted molar refractivity (Wildman–Crippen MR) is 78.3 cm³/mol. The summed E-state index contributed by atoms with van der Waals surface area (Å²) in [6.45, 7) is 0. The Morgan fingerprint density at radius 2 is 1.89 bits per heavy atom. The molecule has 0 aliphatic carbocycles. The average molecular weight is 315 g/mol. The number of carbonyl (C=O) groups excluding carboxylic acids is 1. The van der Waals surface area contributed by atoms with Crippen molar-refractivity contribution >= 4 is 21.7 Å². The highest BCUT2D eigenvalue weighted by atomic mass is 79.9. The van der Waals surface area contributed by atoms with Crippen molar-refractivity contribution in [1.29, 1.82) is 0 Å². The van der Waals surface area contributed by atoms with Crippen LogP contribution in [0.25, 0.3) is 0 Å². The normalized spacial score (nSPS) is 9.37. The zero-order valence-corrected chi connectivity index (χ0v) is 11.9. The molecule has 2 aromatic carbocycles. The number of methoxy groups -OCH3 is 1. The molecule has 19 heavy (non-hydrogen) atoms. The van der Waals surface area contributed by atoms with E-state index < -0.39 is 0 Å². The Kier molecular flexibility index (Phi) is 4.38. The molecule has 0 fully saturated rings. The number of halogens is 1. The smallest absolute Gasteiger partial charge is 0.236 e. The van der Waals surface area contributed by atoms with Crippen LogP contribution in [0.15, 0.2) is 53.0 Å². The molecule has 0 N–H and O–H groups in total. The van der Waals surface area contributed by atoms with Gasteiger partial charge < -0.3 is 4.74 Å². The number of hydrogen-bond acceptors (Lipinski definition) is 2. The number of ether oxygens (including phenoxy) is 1. The van der Waals surface area contributed by atoms with Gasteiger partial charge in [0.1, 0.15) is 5.75 Å². The van der Waals surface area contributed by atoms with E-state index in [0.29, 0.717) is 16.9 Å². The molecule has 0 heterocycles. The summed E-state index contributed by atoms with van der Waals surface area (Å²) in [7, 11) is 1.58. The third kappa shape index (κ3) is 3.46. The van der Waals surface area contributed by atoms with E-state index in [1.165, 1.54) is 0 Å². The fourth-order valence-electron chi connectivity index (χ4n) is 1.56. The highest BCUT2D eigenvalue weighted by Gasteiger charge is 2.02. The molecule has 0 bridgehead atoms. The fraction of sp³-hybridized carbons (Fsp3) is 0.0625. The molecule has 0 aliphatic rings. The second-order valence-corrected chi connectivity index (χ2v) is 4.71. The minimum Gasteiger partial charge on any atom is -0.495 e. The Bertz CT molecular complexity index is 651. The van der Waals surface area contributed by atoms with E-state index in [1.807, 2.05) is 30.3 Å². The van der Waals surface area contributed by atoms with Crippen molar-refractivity contribution in [2.45, 2.75) is 0 Å². The third-order valence-electron chi connectivity index (χ3n) is 2.51. The molecule has 0 aromatic heterocycles. The maximum Gasteiger partial charge on any atom is 0.236 e. The zero-order chi connectivity index (χ0) is 13.7. The van der Waals surface area contributed by atoms with Crippen molar-refractivity contribution in [2.75, 3.05) is 7.11 Å². The monoisotopic (exact) mass is 314 g/mol. The number of Topliss-reactive ketones (excluding diaryl/α,β-unsaturated/α-hetero) is 1. The molecule has 94 valence electrons. The zero-order valence-electron chi connectivity index (χ0n) is 10.3. The number of hydrogen-bond donors (Lipinski definition) is 0. The summed E-state index contributed by atoms with van der Waals surface area (Å²) < 4.78 is 6.10. The fourth-order valence-corrected chi connectivity index (χ4v) is 1.92. The van der Waals surface area contributed by atoms with E-state index in [9.17, 15) is 4.79 Å². The van der Waals surface area contributed by atoms with E-state index in [4.69, 9.17) is 4.74 Å². The van der Waals surface area contributed by atoms with Crippen molar-refractivity contribution in [3.63, 3.8) is 0 Å². The number of benzene rings is 2. The summed E-state index contributed by atoms with van der Waals surface area (Å²) >= 11 is 3.37. The lowest BCUT2D eigenvalue weighted by Gasteiger charge is -2.02. The van der Waals surface area contributed by atoms with Gasteiger partial charge in [-0.1, -0.05) is 52.2 Å².